The Morgan fingerprint density at radius 3 is 1.92 bits per heavy atom. The molecule has 0 aliphatic carbocycles. The van der Waals surface area contributed by atoms with Crippen molar-refractivity contribution < 1.29 is 25.9 Å². The number of unbranched alkanes of at least 4 members (excludes halogenated alkanes) is 4. The molecule has 0 spiro atoms. The van der Waals surface area contributed by atoms with Crippen LogP contribution in [0.25, 0.3) is 0 Å². The SMILES string of the molecule is CCCCCCCc1c(CCC)ccc(S(=O)(=O)O)c1S(=O)(=O)O. The van der Waals surface area contributed by atoms with Gasteiger partial charge in [0.25, 0.3) is 20.2 Å². The topological polar surface area (TPSA) is 109 Å². The lowest BCUT2D eigenvalue weighted by atomic mass is 9.97. The van der Waals surface area contributed by atoms with E-state index in [0.717, 1.165) is 38.2 Å². The van der Waals surface area contributed by atoms with E-state index in [4.69, 9.17) is 0 Å². The number of hydrogen-bond acceptors (Lipinski definition) is 4. The first-order chi connectivity index (χ1) is 11.1. The third-order valence-electron chi connectivity index (χ3n) is 3.91. The molecule has 6 nitrogen and oxygen atoms in total. The van der Waals surface area contributed by atoms with Crippen LogP contribution in [-0.4, -0.2) is 25.9 Å². The van der Waals surface area contributed by atoms with Crippen LogP contribution in [0.3, 0.4) is 0 Å². The van der Waals surface area contributed by atoms with Crippen LogP contribution in [0.15, 0.2) is 21.9 Å². The first kappa shape index (κ1) is 21.1. The van der Waals surface area contributed by atoms with Gasteiger partial charge in [0, 0.05) is 0 Å². The fraction of sp³-hybridized carbons (Fsp3) is 0.625. The van der Waals surface area contributed by atoms with E-state index in [0.29, 0.717) is 30.4 Å². The van der Waals surface area contributed by atoms with E-state index in [9.17, 15) is 25.9 Å². The van der Waals surface area contributed by atoms with Crippen LogP contribution >= 0.6 is 0 Å². The Morgan fingerprint density at radius 1 is 0.792 bits per heavy atom. The number of benzene rings is 1. The van der Waals surface area contributed by atoms with Gasteiger partial charge in [0.1, 0.15) is 9.79 Å². The van der Waals surface area contributed by atoms with Crippen molar-refractivity contribution in [3.63, 3.8) is 0 Å². The van der Waals surface area contributed by atoms with Crippen LogP contribution in [0, 0.1) is 0 Å². The summed E-state index contributed by atoms with van der Waals surface area (Å²) in [5.41, 5.74) is 0.985. The molecule has 138 valence electrons. The van der Waals surface area contributed by atoms with Crippen molar-refractivity contribution in [1.82, 2.24) is 0 Å². The van der Waals surface area contributed by atoms with Gasteiger partial charge in [0.15, 0.2) is 0 Å². The lowest BCUT2D eigenvalue weighted by Gasteiger charge is -2.16. The van der Waals surface area contributed by atoms with Crippen molar-refractivity contribution in [2.24, 2.45) is 0 Å². The zero-order valence-electron chi connectivity index (χ0n) is 14.2. The molecule has 0 amide bonds. The quantitative estimate of drug-likeness (QED) is 0.475. The molecule has 0 aliphatic heterocycles. The molecule has 0 saturated heterocycles. The van der Waals surface area contributed by atoms with E-state index in [1.165, 1.54) is 6.07 Å². The van der Waals surface area contributed by atoms with Crippen molar-refractivity contribution in [2.45, 2.75) is 75.0 Å². The number of aryl methyl sites for hydroxylation is 1. The molecular formula is C16H26O6S2. The van der Waals surface area contributed by atoms with Gasteiger partial charge in [0.2, 0.25) is 0 Å². The highest BCUT2D eigenvalue weighted by molar-refractivity contribution is 7.89. The Morgan fingerprint density at radius 2 is 1.42 bits per heavy atom. The van der Waals surface area contributed by atoms with Crippen LogP contribution in [0.5, 0.6) is 0 Å². The average Bonchev–Trinajstić information content (AvgIpc) is 2.45. The molecular weight excluding hydrogens is 352 g/mol. The van der Waals surface area contributed by atoms with Crippen LogP contribution in [0.1, 0.15) is 63.5 Å². The molecule has 0 aliphatic rings. The standard InChI is InChI=1S/C16H26O6S2/c1-3-5-6-7-8-10-14-13(9-4-2)11-12-15(23(17,18)19)16(14)24(20,21)22/h11-12H,3-10H2,1-2H3,(H,17,18,19)(H,20,21,22). The highest BCUT2D eigenvalue weighted by Gasteiger charge is 2.28. The summed E-state index contributed by atoms with van der Waals surface area (Å²) in [4.78, 5) is -1.43. The molecule has 1 aromatic rings. The molecule has 0 aromatic heterocycles. The van der Waals surface area contributed by atoms with Gasteiger partial charge in [-0.1, -0.05) is 52.0 Å². The van der Waals surface area contributed by atoms with E-state index >= 15 is 0 Å². The highest BCUT2D eigenvalue weighted by Crippen LogP contribution is 2.30. The van der Waals surface area contributed by atoms with Gasteiger partial charge in [0.05, 0.1) is 0 Å². The molecule has 1 rings (SSSR count). The first-order valence-electron chi connectivity index (χ1n) is 8.22. The van der Waals surface area contributed by atoms with Crippen LogP contribution in [0.2, 0.25) is 0 Å². The molecule has 0 fully saturated rings. The summed E-state index contributed by atoms with van der Waals surface area (Å²) in [6.45, 7) is 4.01. The van der Waals surface area contributed by atoms with Crippen molar-refractivity contribution in [3.8, 4) is 0 Å². The summed E-state index contributed by atoms with van der Waals surface area (Å²) in [6, 6.07) is 2.56. The van der Waals surface area contributed by atoms with E-state index < -0.39 is 30.0 Å². The second-order valence-corrected chi connectivity index (χ2v) is 8.64. The summed E-state index contributed by atoms with van der Waals surface area (Å²) in [7, 11) is -9.52. The first-order valence-corrected chi connectivity index (χ1v) is 11.1. The maximum atomic E-state index is 11.8. The van der Waals surface area contributed by atoms with E-state index in [2.05, 4.69) is 6.92 Å². The molecule has 2 N–H and O–H groups in total. The monoisotopic (exact) mass is 378 g/mol. The van der Waals surface area contributed by atoms with Crippen molar-refractivity contribution >= 4 is 20.2 Å². The molecule has 0 atom stereocenters. The molecule has 0 bridgehead atoms. The highest BCUT2D eigenvalue weighted by atomic mass is 32.2. The minimum atomic E-state index is -4.77. The largest absolute Gasteiger partial charge is 0.296 e. The maximum absolute atomic E-state index is 11.8. The van der Waals surface area contributed by atoms with Crippen molar-refractivity contribution in [3.05, 3.63) is 23.3 Å². The van der Waals surface area contributed by atoms with Gasteiger partial charge in [-0.2, -0.15) is 16.8 Å². The molecule has 0 radical (unpaired) electrons. The third-order valence-corrected chi connectivity index (χ3v) is 5.91. The molecule has 24 heavy (non-hydrogen) atoms. The molecule has 8 heteroatoms. The van der Waals surface area contributed by atoms with Gasteiger partial charge in [-0.05, 0) is 36.5 Å². The summed E-state index contributed by atoms with van der Waals surface area (Å²) >= 11 is 0. The number of rotatable bonds is 10. The van der Waals surface area contributed by atoms with Crippen LogP contribution < -0.4 is 0 Å². The molecule has 0 unspecified atom stereocenters. The average molecular weight is 379 g/mol. The van der Waals surface area contributed by atoms with Gasteiger partial charge >= 0.3 is 0 Å². The van der Waals surface area contributed by atoms with E-state index in [-0.39, 0.29) is 0 Å². The third kappa shape index (κ3) is 5.84. The predicted molar refractivity (Wildman–Crippen MR) is 92.5 cm³/mol. The molecule has 1 aromatic carbocycles. The summed E-state index contributed by atoms with van der Waals surface area (Å²) in [6.07, 6.45) is 6.41. The second-order valence-electron chi connectivity index (χ2n) is 5.89. The summed E-state index contributed by atoms with van der Waals surface area (Å²) in [5, 5.41) is 0. The lowest BCUT2D eigenvalue weighted by molar-refractivity contribution is 0.464. The summed E-state index contributed by atoms with van der Waals surface area (Å²) < 4.78 is 65.5. The Hall–Kier alpha value is -0.960. The second kappa shape index (κ2) is 8.94. The fourth-order valence-corrected chi connectivity index (χ4v) is 4.91. The van der Waals surface area contributed by atoms with E-state index in [1.807, 2.05) is 6.92 Å². The number of hydrogen-bond donors (Lipinski definition) is 2. The lowest BCUT2D eigenvalue weighted by Crippen LogP contribution is -2.14. The molecule has 0 saturated carbocycles. The Bertz CT molecular complexity index is 751. The Labute approximate surface area is 144 Å². The fourth-order valence-electron chi connectivity index (χ4n) is 2.82. The molecule has 0 heterocycles. The summed E-state index contributed by atoms with van der Waals surface area (Å²) in [5.74, 6) is 0. The normalized spacial score (nSPS) is 12.5. The zero-order chi connectivity index (χ0) is 18.4. The zero-order valence-corrected chi connectivity index (χ0v) is 15.8. The Kier molecular flexibility index (Phi) is 7.85. The minimum absolute atomic E-state index is 0.297. The van der Waals surface area contributed by atoms with Crippen LogP contribution in [-0.2, 0) is 33.1 Å². The van der Waals surface area contributed by atoms with Gasteiger partial charge in [-0.3, -0.25) is 9.11 Å². The van der Waals surface area contributed by atoms with Gasteiger partial charge < -0.3 is 0 Å². The van der Waals surface area contributed by atoms with Crippen molar-refractivity contribution in [2.75, 3.05) is 0 Å². The van der Waals surface area contributed by atoms with E-state index in [1.54, 1.807) is 0 Å². The van der Waals surface area contributed by atoms with Gasteiger partial charge in [-0.15, -0.1) is 0 Å². The predicted octanol–water partition coefficient (Wildman–Crippen LogP) is 3.65. The smallest absolute Gasteiger partial charge is 0.282 e. The van der Waals surface area contributed by atoms with Crippen LogP contribution in [0.4, 0.5) is 0 Å². The maximum Gasteiger partial charge on any atom is 0.296 e. The minimum Gasteiger partial charge on any atom is -0.282 e. The van der Waals surface area contributed by atoms with Crippen molar-refractivity contribution in [1.29, 1.82) is 0 Å². The van der Waals surface area contributed by atoms with Gasteiger partial charge in [-0.25, -0.2) is 0 Å². The Balaban J connectivity index is 3.38.